The summed E-state index contributed by atoms with van der Waals surface area (Å²) in [5, 5.41) is 0. The summed E-state index contributed by atoms with van der Waals surface area (Å²) in [7, 11) is -0.738. The second-order valence-electron chi connectivity index (χ2n) is 2.25. The van der Waals surface area contributed by atoms with E-state index in [1.165, 1.54) is 6.16 Å². The van der Waals surface area contributed by atoms with Crippen LogP contribution in [-0.4, -0.2) is 26.1 Å². The first-order chi connectivity index (χ1) is 3.12. The van der Waals surface area contributed by atoms with Gasteiger partial charge in [-0.25, -0.2) is 0 Å². The third kappa shape index (κ3) is 4.43. The van der Waals surface area contributed by atoms with Crippen LogP contribution in [0.3, 0.4) is 0 Å². The fraction of sp³-hybridized carbons (Fsp3) is 1.00. The maximum absolute atomic E-state index is 7.05. The highest BCUT2D eigenvalue weighted by Gasteiger charge is 2.10. The molecular weight excluding hydrogens is 91.0 g/mol. The van der Waals surface area contributed by atoms with E-state index in [2.05, 4.69) is 20.3 Å². The predicted octanol–water partition coefficient (Wildman–Crippen LogP) is 1.91. The van der Waals surface area contributed by atoms with E-state index < -0.39 is 7.26 Å². The fourth-order valence-electron chi connectivity index (χ4n) is 0. The zero-order chi connectivity index (χ0) is 5.91. The summed E-state index contributed by atoms with van der Waals surface area (Å²) >= 11 is 0. The van der Waals surface area contributed by atoms with Crippen molar-refractivity contribution in [1.29, 1.82) is 0 Å². The standard InChI is InChI=1S/C5H14P/c1-5-6(2,3)4/h5H2,1-4H3/q+1/i2D. The molecule has 6 heavy (non-hydrogen) atoms. The Bertz CT molecular complexity index is 46.0. The maximum Gasteiger partial charge on any atom is 0.0671 e. The molecule has 0 aliphatic carbocycles. The van der Waals surface area contributed by atoms with Gasteiger partial charge in [-0.2, -0.15) is 0 Å². The van der Waals surface area contributed by atoms with Crippen molar-refractivity contribution in [2.24, 2.45) is 0 Å². The largest absolute Gasteiger partial charge is 0.0671 e. The highest BCUT2D eigenvalue weighted by Crippen LogP contribution is 2.45. The summed E-state index contributed by atoms with van der Waals surface area (Å²) in [6, 6.07) is 0. The van der Waals surface area contributed by atoms with Crippen molar-refractivity contribution in [1.82, 2.24) is 0 Å². The lowest BCUT2D eigenvalue weighted by Crippen LogP contribution is -1.84. The normalized spacial score (nSPS) is 14.2. The first-order valence-corrected chi connectivity index (χ1v) is 5.29. The molecule has 0 aliphatic rings. The van der Waals surface area contributed by atoms with E-state index in [4.69, 9.17) is 1.37 Å². The molecule has 0 saturated heterocycles. The van der Waals surface area contributed by atoms with Gasteiger partial charge in [0, 0.05) is 27.2 Å². The minimum absolute atomic E-state index is 0.656. The first kappa shape index (κ1) is 4.59. The summed E-state index contributed by atoms with van der Waals surface area (Å²) in [6.07, 6.45) is 1.22. The number of rotatable bonds is 1. The summed E-state index contributed by atoms with van der Waals surface area (Å²) in [4.78, 5) is 0. The van der Waals surface area contributed by atoms with Crippen LogP contribution in [0, 0.1) is 0 Å². The minimum Gasteiger partial charge on any atom is -0.0312 e. The Morgan fingerprint density at radius 2 is 2.17 bits per heavy atom. The molecule has 38 valence electrons. The molecule has 0 aromatic heterocycles. The van der Waals surface area contributed by atoms with Crippen LogP contribution in [0.25, 0.3) is 0 Å². The molecule has 0 heterocycles. The van der Waals surface area contributed by atoms with Crippen molar-refractivity contribution < 1.29 is 1.37 Å². The van der Waals surface area contributed by atoms with Gasteiger partial charge in [-0.3, -0.25) is 0 Å². The van der Waals surface area contributed by atoms with Crippen molar-refractivity contribution in [2.75, 3.05) is 26.1 Å². The van der Waals surface area contributed by atoms with E-state index in [1.807, 2.05) is 0 Å². The van der Waals surface area contributed by atoms with Gasteiger partial charge in [-0.05, 0) is 6.92 Å². The molecule has 0 saturated carbocycles. The van der Waals surface area contributed by atoms with Crippen LogP contribution in [0.2, 0.25) is 0 Å². The van der Waals surface area contributed by atoms with Gasteiger partial charge >= 0.3 is 0 Å². The number of hydrogen-bond acceptors (Lipinski definition) is 0. The van der Waals surface area contributed by atoms with E-state index in [9.17, 15) is 0 Å². The van der Waals surface area contributed by atoms with Crippen LogP contribution in [0.5, 0.6) is 0 Å². The third-order valence-electron chi connectivity index (χ3n) is 0.856. The number of hydrogen-bond donors (Lipinski definition) is 0. The zero-order valence-corrected chi connectivity index (χ0v) is 5.76. The maximum atomic E-state index is 7.05. The quantitative estimate of drug-likeness (QED) is 0.448. The Morgan fingerprint density at radius 3 is 2.17 bits per heavy atom. The van der Waals surface area contributed by atoms with Crippen molar-refractivity contribution >= 4 is 7.26 Å². The van der Waals surface area contributed by atoms with Crippen molar-refractivity contribution in [3.05, 3.63) is 0 Å². The van der Waals surface area contributed by atoms with Crippen molar-refractivity contribution in [3.63, 3.8) is 0 Å². The molecule has 0 amide bonds. The molecule has 0 spiro atoms. The van der Waals surface area contributed by atoms with Gasteiger partial charge in [0.2, 0.25) is 0 Å². The molecule has 0 bridgehead atoms. The summed E-state index contributed by atoms with van der Waals surface area (Å²) < 4.78 is 7.05. The molecule has 0 nitrogen and oxygen atoms in total. The Labute approximate surface area is 42.7 Å². The van der Waals surface area contributed by atoms with Gasteiger partial charge in [0.05, 0.1) is 7.53 Å². The molecule has 0 rings (SSSR count). The van der Waals surface area contributed by atoms with Gasteiger partial charge in [0.1, 0.15) is 0 Å². The molecular formula is C5H14P+. The molecule has 0 atom stereocenters. The highest BCUT2D eigenvalue weighted by molar-refractivity contribution is 7.73. The second-order valence-corrected chi connectivity index (χ2v) is 6.76. The van der Waals surface area contributed by atoms with Gasteiger partial charge in [0.15, 0.2) is 0 Å². The van der Waals surface area contributed by atoms with Crippen molar-refractivity contribution in [3.8, 4) is 0 Å². The summed E-state index contributed by atoms with van der Waals surface area (Å²) in [5.74, 6) is 0. The van der Waals surface area contributed by atoms with Crippen LogP contribution < -0.4 is 0 Å². The van der Waals surface area contributed by atoms with Gasteiger partial charge < -0.3 is 0 Å². The van der Waals surface area contributed by atoms with E-state index in [-0.39, 0.29) is 0 Å². The lowest BCUT2D eigenvalue weighted by molar-refractivity contribution is 1.47. The fourth-order valence-corrected chi connectivity index (χ4v) is 0. The molecule has 0 aliphatic heterocycles. The zero-order valence-electron chi connectivity index (χ0n) is 5.86. The Morgan fingerprint density at radius 1 is 1.67 bits per heavy atom. The second kappa shape index (κ2) is 1.93. The van der Waals surface area contributed by atoms with Crippen LogP contribution >= 0.6 is 7.26 Å². The van der Waals surface area contributed by atoms with Gasteiger partial charge in [-0.15, -0.1) is 0 Å². The van der Waals surface area contributed by atoms with E-state index in [0.717, 1.165) is 0 Å². The van der Waals surface area contributed by atoms with E-state index in [1.54, 1.807) is 0 Å². The highest BCUT2D eigenvalue weighted by atomic mass is 31.2. The third-order valence-corrected chi connectivity index (χ3v) is 2.57. The topological polar surface area (TPSA) is 0 Å². The molecule has 1 heteroatoms. The lowest BCUT2D eigenvalue weighted by Gasteiger charge is -2.05. The molecule has 0 fully saturated rings. The predicted molar refractivity (Wildman–Crippen MR) is 35.2 cm³/mol. The SMILES string of the molecule is [2H]C[P+](C)(C)CC. The molecule has 0 unspecified atom stereocenters. The Balaban J connectivity index is 3.36. The monoisotopic (exact) mass is 106 g/mol. The smallest absolute Gasteiger partial charge is 0.0312 e. The van der Waals surface area contributed by atoms with E-state index >= 15 is 0 Å². The summed E-state index contributed by atoms with van der Waals surface area (Å²) in [5.41, 5.74) is 0. The van der Waals surface area contributed by atoms with Crippen molar-refractivity contribution in [2.45, 2.75) is 6.92 Å². The molecule has 0 aromatic carbocycles. The van der Waals surface area contributed by atoms with Gasteiger partial charge in [0.25, 0.3) is 0 Å². The Hall–Kier alpha value is 0.430. The van der Waals surface area contributed by atoms with Crippen LogP contribution in [0.4, 0.5) is 0 Å². The van der Waals surface area contributed by atoms with Crippen LogP contribution in [0.15, 0.2) is 0 Å². The average molecular weight is 106 g/mol. The molecule has 0 aromatic rings. The molecule has 0 radical (unpaired) electrons. The minimum atomic E-state index is -0.738. The summed E-state index contributed by atoms with van der Waals surface area (Å²) in [6.45, 7) is 7.27. The van der Waals surface area contributed by atoms with E-state index in [0.29, 0.717) is 6.64 Å². The van der Waals surface area contributed by atoms with Crippen LogP contribution in [-0.2, 0) is 0 Å². The lowest BCUT2D eigenvalue weighted by atomic mass is 11.0. The van der Waals surface area contributed by atoms with Gasteiger partial charge in [-0.1, -0.05) is 0 Å². The molecule has 0 N–H and O–H groups in total. The Kier molecular flexibility index (Phi) is 1.48. The average Bonchev–Trinajstić information content (AvgIpc) is 1.68. The first-order valence-electron chi connectivity index (χ1n) is 2.94. The van der Waals surface area contributed by atoms with Crippen LogP contribution in [0.1, 0.15) is 8.29 Å².